The lowest BCUT2D eigenvalue weighted by Gasteiger charge is -2.04. The van der Waals surface area contributed by atoms with Crippen molar-refractivity contribution in [3.05, 3.63) is 47.9 Å². The monoisotopic (exact) mass is 320 g/mol. The maximum atomic E-state index is 5.97. The first kappa shape index (κ1) is 14.9. The lowest BCUT2D eigenvalue weighted by atomic mass is 10.1. The van der Waals surface area contributed by atoms with Gasteiger partial charge < -0.3 is 4.42 Å². The Hall–Kier alpha value is -2.62. The molecule has 24 heavy (non-hydrogen) atoms. The molecular weight excluding hydrogens is 298 g/mol. The average Bonchev–Trinajstić information content (AvgIpc) is 3.10. The largest absolute Gasteiger partial charge is 0.440 e. The van der Waals surface area contributed by atoms with Crippen molar-refractivity contribution in [2.45, 2.75) is 26.7 Å². The Labute approximate surface area is 141 Å². The van der Waals surface area contributed by atoms with Crippen LogP contribution in [0.15, 0.2) is 40.8 Å². The van der Waals surface area contributed by atoms with Crippen LogP contribution in [0, 0.1) is 6.92 Å². The highest BCUT2D eigenvalue weighted by molar-refractivity contribution is 5.91. The minimum atomic E-state index is 0.270. The highest BCUT2D eigenvalue weighted by Gasteiger charge is 2.27. The smallest absolute Gasteiger partial charge is 0.292 e. The van der Waals surface area contributed by atoms with E-state index >= 15 is 0 Å². The second-order valence-electron chi connectivity index (χ2n) is 6.74. The molecule has 2 heterocycles. The van der Waals surface area contributed by atoms with Gasteiger partial charge in [-0.1, -0.05) is 32.0 Å². The van der Waals surface area contributed by atoms with Gasteiger partial charge in [0, 0.05) is 5.92 Å². The lowest BCUT2D eigenvalue weighted by Crippen LogP contribution is -2.30. The number of para-hydroxylation sites is 2. The highest BCUT2D eigenvalue weighted by atomic mass is 16.3. The Kier molecular flexibility index (Phi) is 3.23. The molecule has 2 aromatic carbocycles. The number of fused-ring (bicyclic) bond motifs is 2. The number of rotatable bonds is 2. The first-order chi connectivity index (χ1) is 11.5. The van der Waals surface area contributed by atoms with E-state index < -0.39 is 0 Å². The van der Waals surface area contributed by atoms with Gasteiger partial charge in [-0.2, -0.15) is 0 Å². The van der Waals surface area contributed by atoms with Gasteiger partial charge in [0.1, 0.15) is 5.52 Å². The van der Waals surface area contributed by atoms with Gasteiger partial charge in [0.2, 0.25) is 0 Å². The molecule has 0 saturated carbocycles. The van der Waals surface area contributed by atoms with Crippen LogP contribution in [-0.2, 0) is 14.1 Å². The van der Waals surface area contributed by atoms with Gasteiger partial charge in [-0.25, -0.2) is 14.1 Å². The normalized spacial score (nSPS) is 11.9. The van der Waals surface area contributed by atoms with Crippen LogP contribution in [0.3, 0.4) is 0 Å². The van der Waals surface area contributed by atoms with Crippen molar-refractivity contribution in [2.75, 3.05) is 0 Å². The Morgan fingerprint density at radius 1 is 1.12 bits per heavy atom. The molecule has 4 nitrogen and oxygen atoms in total. The molecule has 0 fully saturated rings. The van der Waals surface area contributed by atoms with E-state index in [2.05, 4.69) is 74.3 Å². The molecule has 4 heteroatoms. The minimum absolute atomic E-state index is 0.270. The molecule has 0 spiro atoms. The van der Waals surface area contributed by atoms with Crippen LogP contribution in [0.1, 0.15) is 31.2 Å². The predicted octanol–water partition coefficient (Wildman–Crippen LogP) is 4.24. The fraction of sp³-hybridized carbons (Fsp3) is 0.300. The predicted molar refractivity (Wildman–Crippen MR) is 95.9 cm³/mol. The van der Waals surface area contributed by atoms with E-state index in [0.717, 1.165) is 28.4 Å². The van der Waals surface area contributed by atoms with Gasteiger partial charge in [0.25, 0.3) is 5.82 Å². The van der Waals surface area contributed by atoms with Crippen LogP contribution in [0.5, 0.6) is 0 Å². The van der Waals surface area contributed by atoms with Crippen LogP contribution in [0.2, 0.25) is 0 Å². The molecule has 0 unspecified atom stereocenters. The highest BCUT2D eigenvalue weighted by Crippen LogP contribution is 2.33. The van der Waals surface area contributed by atoms with Crippen molar-refractivity contribution in [2.24, 2.45) is 14.1 Å². The maximum absolute atomic E-state index is 5.97. The van der Waals surface area contributed by atoms with E-state index in [4.69, 9.17) is 9.40 Å². The summed E-state index contributed by atoms with van der Waals surface area (Å²) < 4.78 is 10.4. The van der Waals surface area contributed by atoms with Gasteiger partial charge in [0.05, 0.1) is 19.7 Å². The minimum Gasteiger partial charge on any atom is -0.440 e. The lowest BCUT2D eigenvalue weighted by molar-refractivity contribution is -0.634. The molecule has 0 N–H and O–H groups in total. The van der Waals surface area contributed by atoms with Crippen LogP contribution in [-0.4, -0.2) is 9.55 Å². The second-order valence-corrected chi connectivity index (χ2v) is 6.74. The molecule has 0 saturated heterocycles. The molecule has 0 radical (unpaired) electrons. The van der Waals surface area contributed by atoms with Gasteiger partial charge in [-0.05, 0) is 30.7 Å². The first-order valence-corrected chi connectivity index (χ1v) is 8.33. The van der Waals surface area contributed by atoms with Crippen molar-refractivity contribution < 1.29 is 8.98 Å². The standard InChI is InChI=1S/C20H22N3O/c1-12(2)19-21-18-16(24-19)11-10-13(3)17(18)20-22(4)14-8-6-7-9-15(14)23(20)5/h6-12H,1-5H3/q+1. The summed E-state index contributed by atoms with van der Waals surface area (Å²) in [7, 11) is 4.22. The van der Waals surface area contributed by atoms with E-state index in [-0.39, 0.29) is 5.92 Å². The van der Waals surface area contributed by atoms with E-state index in [9.17, 15) is 0 Å². The summed E-state index contributed by atoms with van der Waals surface area (Å²) in [6, 6.07) is 12.6. The van der Waals surface area contributed by atoms with Crippen molar-refractivity contribution in [3.63, 3.8) is 0 Å². The van der Waals surface area contributed by atoms with E-state index in [1.54, 1.807) is 0 Å². The zero-order chi connectivity index (χ0) is 17.0. The molecule has 0 aliphatic heterocycles. The molecule has 122 valence electrons. The number of oxazole rings is 1. The van der Waals surface area contributed by atoms with Gasteiger partial charge in [-0.3, -0.25) is 0 Å². The summed E-state index contributed by atoms with van der Waals surface area (Å²) in [5.74, 6) is 2.20. The molecule has 4 aromatic rings. The number of benzene rings is 2. The molecule has 0 bridgehead atoms. The zero-order valence-corrected chi connectivity index (χ0v) is 14.8. The van der Waals surface area contributed by atoms with Crippen molar-refractivity contribution in [3.8, 4) is 11.4 Å². The number of nitrogens with zero attached hydrogens (tertiary/aromatic N) is 3. The average molecular weight is 320 g/mol. The van der Waals surface area contributed by atoms with Crippen molar-refractivity contribution >= 4 is 22.1 Å². The van der Waals surface area contributed by atoms with Crippen molar-refractivity contribution in [1.82, 2.24) is 9.55 Å². The zero-order valence-electron chi connectivity index (χ0n) is 14.8. The van der Waals surface area contributed by atoms with E-state index in [0.29, 0.717) is 0 Å². The van der Waals surface area contributed by atoms with Crippen LogP contribution in [0.25, 0.3) is 33.5 Å². The van der Waals surface area contributed by atoms with Gasteiger partial charge in [0.15, 0.2) is 22.5 Å². The summed E-state index contributed by atoms with van der Waals surface area (Å²) in [6.07, 6.45) is 0. The topological polar surface area (TPSA) is 34.8 Å². The fourth-order valence-electron chi connectivity index (χ4n) is 3.46. The maximum Gasteiger partial charge on any atom is 0.292 e. The number of hydrogen-bond acceptors (Lipinski definition) is 2. The third kappa shape index (κ3) is 1.99. The van der Waals surface area contributed by atoms with Crippen LogP contribution in [0.4, 0.5) is 0 Å². The summed E-state index contributed by atoms with van der Waals surface area (Å²) >= 11 is 0. The quantitative estimate of drug-likeness (QED) is 0.518. The Morgan fingerprint density at radius 2 is 1.88 bits per heavy atom. The van der Waals surface area contributed by atoms with E-state index in [1.165, 1.54) is 16.6 Å². The van der Waals surface area contributed by atoms with Crippen molar-refractivity contribution in [1.29, 1.82) is 0 Å². The van der Waals surface area contributed by atoms with Gasteiger partial charge >= 0.3 is 0 Å². The summed E-state index contributed by atoms with van der Waals surface area (Å²) in [5.41, 5.74) is 6.56. The molecule has 2 aromatic heterocycles. The molecule has 0 aliphatic rings. The SMILES string of the molecule is Cc1ccc2oc(C(C)C)nc2c1-c1n(C)c2ccccc2[n+]1C. The van der Waals surface area contributed by atoms with E-state index in [1.807, 2.05) is 6.07 Å². The molecule has 4 rings (SSSR count). The van der Waals surface area contributed by atoms with Gasteiger partial charge in [-0.15, -0.1) is 0 Å². The summed E-state index contributed by atoms with van der Waals surface area (Å²) in [5, 5.41) is 0. The number of hydrogen-bond donors (Lipinski definition) is 0. The third-order valence-corrected chi connectivity index (χ3v) is 4.74. The third-order valence-electron chi connectivity index (χ3n) is 4.74. The number of aryl methyl sites for hydroxylation is 3. The molecule has 0 aliphatic carbocycles. The Morgan fingerprint density at radius 3 is 2.58 bits per heavy atom. The fourth-order valence-corrected chi connectivity index (χ4v) is 3.46. The second kappa shape index (κ2) is 5.20. The number of aromatic nitrogens is 3. The molecule has 0 amide bonds. The van der Waals surface area contributed by atoms with Crippen LogP contribution < -0.4 is 4.57 Å². The number of imidazole rings is 1. The first-order valence-electron chi connectivity index (χ1n) is 8.33. The summed E-state index contributed by atoms with van der Waals surface area (Å²) in [6.45, 7) is 6.35. The van der Waals surface area contributed by atoms with Crippen LogP contribution >= 0.6 is 0 Å². The Balaban J connectivity index is 2.12. The Bertz CT molecular complexity index is 1030. The summed E-state index contributed by atoms with van der Waals surface area (Å²) in [4.78, 5) is 4.81. The molecule has 0 atom stereocenters. The molecular formula is C20H22N3O+.